The number of nitrogens with zero attached hydrogens (tertiary/aromatic N) is 3. The average molecular weight is 626 g/mol. The van der Waals surface area contributed by atoms with Crippen LogP contribution in [-0.4, -0.2) is 69.9 Å². The molecule has 1 aromatic heterocycles. The summed E-state index contributed by atoms with van der Waals surface area (Å²) in [5.74, 6) is -1.50. The highest BCUT2D eigenvalue weighted by atomic mass is 35.5. The van der Waals surface area contributed by atoms with E-state index in [1.807, 2.05) is 60.7 Å². The molecular formula is C28H24ClN5O6S2. The Labute approximate surface area is 253 Å². The van der Waals surface area contributed by atoms with Crippen LogP contribution in [0, 0.1) is 0 Å². The van der Waals surface area contributed by atoms with Crippen LogP contribution in [0.15, 0.2) is 82.5 Å². The molecule has 216 valence electrons. The number of oxime groups is 1. The summed E-state index contributed by atoms with van der Waals surface area (Å²) in [6, 6.07) is 17.7. The molecule has 2 N–H and O–H groups in total. The van der Waals surface area contributed by atoms with Gasteiger partial charge in [0.2, 0.25) is 6.41 Å². The molecule has 0 saturated carbocycles. The second kappa shape index (κ2) is 13.2. The molecule has 0 aliphatic carbocycles. The van der Waals surface area contributed by atoms with Gasteiger partial charge in [0.25, 0.3) is 11.8 Å². The standard InChI is InChI=1S/C28H24ClN5O6S2/c1-39-33-20(19-14-42-28(31-19)30-15-35)24(36)32-21-25(37)34-22(18(12-29)13-41-26(21)34)27(38)40-23(16-8-4-2-5-9-16)17-10-6-3-7-11-17/h2-11,14-15,21,23,26H,12-13H2,1H3,(H,32,36)(H,30,31,35)/t21?,26-/m1/s1. The van der Waals surface area contributed by atoms with Gasteiger partial charge in [0.05, 0.1) is 0 Å². The molecule has 1 unspecified atom stereocenters. The number of halogens is 1. The topological polar surface area (TPSA) is 139 Å². The zero-order valence-electron chi connectivity index (χ0n) is 22.1. The second-order valence-electron chi connectivity index (χ2n) is 8.98. The highest BCUT2D eigenvalue weighted by molar-refractivity contribution is 8.00. The fraction of sp³-hybridized carbons (Fsp3) is 0.214. The molecule has 0 spiro atoms. The van der Waals surface area contributed by atoms with Crippen molar-refractivity contribution >= 4 is 69.7 Å². The van der Waals surface area contributed by atoms with Crippen molar-refractivity contribution in [2.24, 2.45) is 5.16 Å². The van der Waals surface area contributed by atoms with Crippen molar-refractivity contribution in [1.29, 1.82) is 0 Å². The van der Waals surface area contributed by atoms with Crippen LogP contribution in [0.25, 0.3) is 0 Å². The van der Waals surface area contributed by atoms with Gasteiger partial charge in [-0.1, -0.05) is 65.8 Å². The number of carbonyl (C=O) groups is 4. The fourth-order valence-electron chi connectivity index (χ4n) is 4.53. The van der Waals surface area contributed by atoms with Crippen LogP contribution in [0.1, 0.15) is 22.9 Å². The van der Waals surface area contributed by atoms with E-state index in [2.05, 4.69) is 20.8 Å². The summed E-state index contributed by atoms with van der Waals surface area (Å²) < 4.78 is 6.04. The first-order valence-corrected chi connectivity index (χ1v) is 15.0. The van der Waals surface area contributed by atoms with Gasteiger partial charge in [-0.15, -0.1) is 34.7 Å². The Balaban J connectivity index is 1.36. The zero-order chi connectivity index (χ0) is 29.6. The highest BCUT2D eigenvalue weighted by Gasteiger charge is 2.55. The third-order valence-electron chi connectivity index (χ3n) is 6.44. The quantitative estimate of drug-likeness (QED) is 0.0827. The molecule has 1 fully saturated rings. The monoisotopic (exact) mass is 625 g/mol. The molecule has 1 saturated heterocycles. The van der Waals surface area contributed by atoms with E-state index in [1.165, 1.54) is 29.2 Å². The first-order valence-electron chi connectivity index (χ1n) is 12.6. The lowest BCUT2D eigenvalue weighted by Crippen LogP contribution is -2.71. The second-order valence-corrected chi connectivity index (χ2v) is 11.2. The number of thioether (sulfide) groups is 1. The van der Waals surface area contributed by atoms with Gasteiger partial charge in [-0.3, -0.25) is 19.3 Å². The largest absolute Gasteiger partial charge is 0.448 e. The number of ether oxygens (including phenoxy) is 1. The van der Waals surface area contributed by atoms with Crippen molar-refractivity contribution in [3.05, 3.63) is 94.1 Å². The Hall–Kier alpha value is -4.20. The summed E-state index contributed by atoms with van der Waals surface area (Å²) in [4.78, 5) is 61.3. The summed E-state index contributed by atoms with van der Waals surface area (Å²) >= 11 is 8.68. The number of nitrogens with one attached hydrogen (secondary N) is 2. The van der Waals surface area contributed by atoms with Crippen LogP contribution >= 0.6 is 34.7 Å². The minimum atomic E-state index is -0.950. The molecule has 2 aliphatic rings. The summed E-state index contributed by atoms with van der Waals surface area (Å²) in [5, 5.41) is 10.1. The summed E-state index contributed by atoms with van der Waals surface area (Å²) in [6.07, 6.45) is -0.251. The van der Waals surface area contributed by atoms with Gasteiger partial charge < -0.3 is 20.2 Å². The smallest absolute Gasteiger partial charge is 0.356 e. The van der Waals surface area contributed by atoms with Crippen LogP contribution in [0.3, 0.4) is 0 Å². The first-order chi connectivity index (χ1) is 20.5. The Kier molecular flexibility index (Phi) is 9.20. The minimum absolute atomic E-state index is 0.0257. The van der Waals surface area contributed by atoms with E-state index in [0.717, 1.165) is 22.5 Å². The molecule has 14 heteroatoms. The summed E-state index contributed by atoms with van der Waals surface area (Å²) in [6.45, 7) is 0. The number of rotatable bonds is 11. The number of benzene rings is 2. The molecule has 3 heterocycles. The van der Waals surface area contributed by atoms with Crippen molar-refractivity contribution in [3.8, 4) is 0 Å². The van der Waals surface area contributed by atoms with E-state index in [-0.39, 0.29) is 28.1 Å². The summed E-state index contributed by atoms with van der Waals surface area (Å²) in [5.41, 5.74) is 2.15. The molecule has 2 aromatic carbocycles. The van der Waals surface area contributed by atoms with E-state index in [1.54, 1.807) is 0 Å². The lowest BCUT2D eigenvalue weighted by Gasteiger charge is -2.49. The molecular weight excluding hydrogens is 602 g/mol. The molecule has 3 aromatic rings. The molecule has 2 atom stereocenters. The number of aromatic nitrogens is 1. The third-order valence-corrected chi connectivity index (χ3v) is 8.88. The number of thiazole rings is 1. The molecule has 2 aliphatic heterocycles. The average Bonchev–Trinajstić information content (AvgIpc) is 3.49. The lowest BCUT2D eigenvalue weighted by molar-refractivity contribution is -0.154. The Bertz CT molecular complexity index is 1510. The van der Waals surface area contributed by atoms with Crippen LogP contribution < -0.4 is 10.6 Å². The van der Waals surface area contributed by atoms with Gasteiger partial charge in [0.15, 0.2) is 16.9 Å². The van der Waals surface area contributed by atoms with Crippen molar-refractivity contribution in [2.45, 2.75) is 17.5 Å². The number of hydrogen-bond acceptors (Lipinski definition) is 10. The van der Waals surface area contributed by atoms with Gasteiger partial charge >= 0.3 is 5.97 Å². The van der Waals surface area contributed by atoms with Gasteiger partial charge in [-0.25, -0.2) is 9.78 Å². The predicted molar refractivity (Wildman–Crippen MR) is 159 cm³/mol. The molecule has 5 rings (SSSR count). The lowest BCUT2D eigenvalue weighted by atomic mass is 10.0. The maximum atomic E-state index is 13.7. The van der Waals surface area contributed by atoms with Crippen molar-refractivity contribution in [2.75, 3.05) is 24.1 Å². The molecule has 0 radical (unpaired) electrons. The number of β-lactam (4-membered cyclic amide) rings is 1. The highest BCUT2D eigenvalue weighted by Crippen LogP contribution is 2.42. The number of fused-ring (bicyclic) bond motifs is 1. The van der Waals surface area contributed by atoms with Crippen molar-refractivity contribution in [1.82, 2.24) is 15.2 Å². The predicted octanol–water partition coefficient (Wildman–Crippen LogP) is 3.29. The van der Waals surface area contributed by atoms with E-state index in [4.69, 9.17) is 21.2 Å². The van der Waals surface area contributed by atoms with Crippen LogP contribution in [-0.2, 0) is 28.8 Å². The van der Waals surface area contributed by atoms with Gasteiger partial charge in [-0.05, 0) is 16.7 Å². The van der Waals surface area contributed by atoms with Gasteiger partial charge in [0, 0.05) is 17.0 Å². The number of hydrogen-bond donors (Lipinski definition) is 2. The molecule has 3 amide bonds. The van der Waals surface area contributed by atoms with Crippen molar-refractivity contribution < 1.29 is 28.8 Å². The molecule has 11 nitrogen and oxygen atoms in total. The van der Waals surface area contributed by atoms with E-state index < -0.39 is 35.3 Å². The number of alkyl halides is 1. The van der Waals surface area contributed by atoms with Crippen molar-refractivity contribution in [3.63, 3.8) is 0 Å². The van der Waals surface area contributed by atoms with E-state index in [0.29, 0.717) is 17.7 Å². The SMILES string of the molecule is CON=C(C(=O)NC1C(=O)N2C(C(=O)OC(c3ccccc3)c3ccccc3)=C(CCl)CS[C@H]12)c1csc(NC=O)n1. The Morgan fingerprint density at radius 2 is 1.83 bits per heavy atom. The van der Waals surface area contributed by atoms with Gasteiger partial charge in [-0.2, -0.15) is 0 Å². The molecule has 0 bridgehead atoms. The summed E-state index contributed by atoms with van der Waals surface area (Å²) in [7, 11) is 1.27. The van der Waals surface area contributed by atoms with Gasteiger partial charge in [0.1, 0.15) is 29.9 Å². The third kappa shape index (κ3) is 5.89. The number of carbonyl (C=O) groups excluding carboxylic acids is 4. The first kappa shape index (κ1) is 29.3. The van der Waals surface area contributed by atoms with E-state index in [9.17, 15) is 19.2 Å². The number of esters is 1. The number of anilines is 1. The minimum Gasteiger partial charge on any atom is -0.448 e. The normalized spacial score (nSPS) is 18.2. The Morgan fingerprint density at radius 3 is 2.43 bits per heavy atom. The van der Waals surface area contributed by atoms with Crippen LogP contribution in [0.2, 0.25) is 0 Å². The fourth-order valence-corrected chi connectivity index (χ4v) is 6.86. The molecule has 42 heavy (non-hydrogen) atoms. The number of amides is 3. The maximum Gasteiger partial charge on any atom is 0.356 e. The zero-order valence-corrected chi connectivity index (χ0v) is 24.4. The van der Waals surface area contributed by atoms with E-state index >= 15 is 0 Å². The van der Waals surface area contributed by atoms with Crippen LogP contribution in [0.4, 0.5) is 5.13 Å². The Morgan fingerprint density at radius 1 is 1.17 bits per heavy atom. The van der Waals surface area contributed by atoms with Crippen LogP contribution in [0.5, 0.6) is 0 Å². The maximum absolute atomic E-state index is 13.7.